The summed E-state index contributed by atoms with van der Waals surface area (Å²) < 4.78 is 12.2. The molecule has 0 saturated carbocycles. The fourth-order valence-corrected chi connectivity index (χ4v) is 3.74. The molecule has 1 atom stereocenters. The van der Waals surface area contributed by atoms with Gasteiger partial charge in [-0.05, 0) is 48.5 Å². The molecule has 0 fully saturated rings. The molecular formula is C26H23N5O8. The monoisotopic (exact) mass is 533 g/mol. The Morgan fingerprint density at radius 2 is 1.64 bits per heavy atom. The number of nitrogens with one attached hydrogen (secondary N) is 2. The molecule has 0 spiro atoms. The van der Waals surface area contributed by atoms with Crippen LogP contribution in [0.25, 0.3) is 16.9 Å². The van der Waals surface area contributed by atoms with Gasteiger partial charge in [-0.2, -0.15) is 5.10 Å². The molecule has 0 radical (unpaired) electrons. The van der Waals surface area contributed by atoms with Crippen molar-refractivity contribution in [2.75, 3.05) is 19.5 Å². The Balaban J connectivity index is 1.51. The number of carboxylic acids is 2. The van der Waals surface area contributed by atoms with Crippen LogP contribution in [-0.4, -0.2) is 68.8 Å². The number of rotatable bonds is 10. The van der Waals surface area contributed by atoms with E-state index >= 15 is 0 Å². The zero-order valence-electron chi connectivity index (χ0n) is 20.7. The number of nitrogens with zero attached hydrogens (tertiary/aromatic N) is 3. The van der Waals surface area contributed by atoms with E-state index in [4.69, 9.17) is 19.7 Å². The van der Waals surface area contributed by atoms with Crippen LogP contribution in [0, 0.1) is 0 Å². The number of benzene rings is 2. The molecule has 13 nitrogen and oxygen atoms in total. The minimum absolute atomic E-state index is 0.0844. The molecule has 13 heteroatoms. The average molecular weight is 533 g/mol. The smallest absolute Gasteiger partial charge is 0.326 e. The average Bonchev–Trinajstić information content (AvgIpc) is 3.37. The lowest BCUT2D eigenvalue weighted by Gasteiger charge is -2.12. The molecule has 0 saturated heterocycles. The number of aromatic nitrogens is 3. The van der Waals surface area contributed by atoms with Gasteiger partial charge in [-0.15, -0.1) is 0 Å². The maximum Gasteiger partial charge on any atom is 0.326 e. The van der Waals surface area contributed by atoms with Gasteiger partial charge in [-0.25, -0.2) is 14.3 Å². The molecule has 4 aromatic rings. The maximum absolute atomic E-state index is 12.9. The Morgan fingerprint density at radius 3 is 2.28 bits per heavy atom. The second-order valence-corrected chi connectivity index (χ2v) is 8.19. The molecule has 2 aromatic heterocycles. The van der Waals surface area contributed by atoms with E-state index in [0.29, 0.717) is 28.5 Å². The second-order valence-electron chi connectivity index (χ2n) is 8.19. The number of methoxy groups -OCH3 is 2. The largest absolute Gasteiger partial charge is 0.493 e. The number of ether oxygens (including phenoxy) is 2. The summed E-state index contributed by atoms with van der Waals surface area (Å²) in [4.78, 5) is 51.5. The van der Waals surface area contributed by atoms with Crippen LogP contribution >= 0.6 is 0 Å². The van der Waals surface area contributed by atoms with Crippen LogP contribution in [0.4, 0.5) is 5.69 Å². The van der Waals surface area contributed by atoms with Gasteiger partial charge in [0.2, 0.25) is 0 Å². The summed E-state index contributed by atoms with van der Waals surface area (Å²) in [5.41, 5.74) is 2.39. The van der Waals surface area contributed by atoms with Crippen molar-refractivity contribution in [3.05, 3.63) is 72.1 Å². The lowest BCUT2D eigenvalue weighted by atomic mass is 10.1. The molecule has 0 aliphatic carbocycles. The van der Waals surface area contributed by atoms with Gasteiger partial charge in [0.05, 0.1) is 26.3 Å². The molecule has 200 valence electrons. The normalized spacial score (nSPS) is 11.4. The number of carboxylic acid groups (broad SMARTS) is 2. The Labute approximate surface area is 221 Å². The summed E-state index contributed by atoms with van der Waals surface area (Å²) in [6.45, 7) is 0. The first-order valence-corrected chi connectivity index (χ1v) is 11.4. The van der Waals surface area contributed by atoms with Crippen LogP contribution in [0.3, 0.4) is 0 Å². The van der Waals surface area contributed by atoms with Gasteiger partial charge in [0, 0.05) is 29.1 Å². The van der Waals surface area contributed by atoms with Crippen LogP contribution in [-0.2, 0) is 9.59 Å². The predicted octanol–water partition coefficient (Wildman–Crippen LogP) is 2.32. The summed E-state index contributed by atoms with van der Waals surface area (Å²) in [7, 11) is 3.07. The number of hydrogen-bond donors (Lipinski definition) is 4. The van der Waals surface area contributed by atoms with Crippen molar-refractivity contribution in [3.63, 3.8) is 0 Å². The maximum atomic E-state index is 12.9. The van der Waals surface area contributed by atoms with Crippen molar-refractivity contribution in [2.45, 2.75) is 12.5 Å². The number of carbonyl (C=O) groups excluding carboxylic acids is 2. The zero-order valence-corrected chi connectivity index (χ0v) is 20.7. The summed E-state index contributed by atoms with van der Waals surface area (Å²) >= 11 is 0. The number of carbonyl (C=O) groups is 4. The highest BCUT2D eigenvalue weighted by Crippen LogP contribution is 2.32. The molecule has 1 unspecified atom stereocenters. The van der Waals surface area contributed by atoms with Gasteiger partial charge >= 0.3 is 11.9 Å². The molecule has 2 heterocycles. The van der Waals surface area contributed by atoms with Gasteiger partial charge in [-0.3, -0.25) is 14.4 Å². The fraction of sp³-hybridized carbons (Fsp3) is 0.154. The van der Waals surface area contributed by atoms with E-state index in [-0.39, 0.29) is 11.3 Å². The van der Waals surface area contributed by atoms with Crippen LogP contribution in [0.2, 0.25) is 0 Å². The Hall–Kier alpha value is -5.46. The van der Waals surface area contributed by atoms with E-state index in [0.717, 1.165) is 5.56 Å². The fourth-order valence-electron chi connectivity index (χ4n) is 3.74. The third kappa shape index (κ3) is 5.93. The topological polar surface area (TPSA) is 181 Å². The molecule has 2 aromatic carbocycles. The predicted molar refractivity (Wildman–Crippen MR) is 137 cm³/mol. The Kier molecular flexibility index (Phi) is 7.70. The molecule has 2 amide bonds. The number of hydrogen-bond acceptors (Lipinski definition) is 8. The van der Waals surface area contributed by atoms with Crippen molar-refractivity contribution < 1.29 is 38.9 Å². The summed E-state index contributed by atoms with van der Waals surface area (Å²) in [6, 6.07) is 12.7. The molecule has 39 heavy (non-hydrogen) atoms. The van der Waals surface area contributed by atoms with E-state index in [9.17, 15) is 19.2 Å². The summed E-state index contributed by atoms with van der Waals surface area (Å²) in [5.74, 6) is -3.02. The number of anilines is 1. The van der Waals surface area contributed by atoms with Gasteiger partial charge < -0.3 is 30.3 Å². The lowest BCUT2D eigenvalue weighted by molar-refractivity contribution is -0.145. The van der Waals surface area contributed by atoms with Gasteiger partial charge in [0.25, 0.3) is 11.8 Å². The van der Waals surface area contributed by atoms with E-state index in [1.165, 1.54) is 42.0 Å². The van der Waals surface area contributed by atoms with Gasteiger partial charge in [-0.1, -0.05) is 0 Å². The van der Waals surface area contributed by atoms with E-state index in [1.807, 2.05) is 6.07 Å². The highest BCUT2D eigenvalue weighted by molar-refractivity contribution is 6.04. The second kappa shape index (κ2) is 11.3. The van der Waals surface area contributed by atoms with Gasteiger partial charge in [0.1, 0.15) is 6.04 Å². The van der Waals surface area contributed by atoms with Crippen LogP contribution in [0.5, 0.6) is 11.5 Å². The van der Waals surface area contributed by atoms with Crippen molar-refractivity contribution in [1.82, 2.24) is 19.9 Å². The first-order chi connectivity index (χ1) is 18.7. The van der Waals surface area contributed by atoms with E-state index in [1.54, 1.807) is 31.5 Å². The number of amides is 2. The Bertz CT molecular complexity index is 1560. The summed E-state index contributed by atoms with van der Waals surface area (Å²) in [5, 5.41) is 27.2. The quantitative estimate of drug-likeness (QED) is 0.236. The molecule has 0 aliphatic heterocycles. The first kappa shape index (κ1) is 26.6. The van der Waals surface area contributed by atoms with Gasteiger partial charge in [0.15, 0.2) is 22.8 Å². The molecule has 4 N–H and O–H groups in total. The van der Waals surface area contributed by atoms with E-state index < -0.39 is 36.2 Å². The SMILES string of the molecule is COc1ccc(-c2ccnc3cc(C(=O)Nc4ccc(C(=O)NC(CC(=O)O)C(=O)O)cc4)nn23)cc1OC. The van der Waals surface area contributed by atoms with Crippen molar-refractivity contribution in [1.29, 1.82) is 0 Å². The van der Waals surface area contributed by atoms with Crippen molar-refractivity contribution in [2.24, 2.45) is 0 Å². The molecular weight excluding hydrogens is 510 g/mol. The minimum Gasteiger partial charge on any atom is -0.493 e. The molecule has 0 aliphatic rings. The zero-order chi connectivity index (χ0) is 28.1. The van der Waals surface area contributed by atoms with Crippen molar-refractivity contribution >= 4 is 35.1 Å². The lowest BCUT2D eigenvalue weighted by Crippen LogP contribution is -2.42. The highest BCUT2D eigenvalue weighted by Gasteiger charge is 2.23. The number of fused-ring (bicyclic) bond motifs is 1. The minimum atomic E-state index is -1.58. The van der Waals surface area contributed by atoms with Crippen LogP contribution in [0.1, 0.15) is 27.3 Å². The molecule has 4 rings (SSSR count). The van der Waals surface area contributed by atoms with Crippen LogP contribution in [0.15, 0.2) is 60.8 Å². The number of aliphatic carboxylic acids is 2. The Morgan fingerprint density at radius 1 is 0.923 bits per heavy atom. The standard InChI is InChI=1S/C26H23N5O8/c1-38-20-8-5-15(11-21(20)39-2)19-9-10-27-22-12-17(30-31(19)22)25(35)28-16-6-3-14(4-7-16)24(34)29-18(26(36)37)13-23(32)33/h3-12,18H,13H2,1-2H3,(H,28,35)(H,29,34)(H,32,33)(H,36,37). The third-order valence-electron chi connectivity index (χ3n) is 5.66. The summed E-state index contributed by atoms with van der Waals surface area (Å²) in [6.07, 6.45) is 0.830. The van der Waals surface area contributed by atoms with Crippen molar-refractivity contribution in [3.8, 4) is 22.8 Å². The van der Waals surface area contributed by atoms with E-state index in [2.05, 4.69) is 20.7 Å². The third-order valence-corrected chi connectivity index (χ3v) is 5.66. The highest BCUT2D eigenvalue weighted by atomic mass is 16.5. The van der Waals surface area contributed by atoms with Crippen LogP contribution < -0.4 is 20.1 Å². The molecule has 0 bridgehead atoms. The first-order valence-electron chi connectivity index (χ1n) is 11.4.